The summed E-state index contributed by atoms with van der Waals surface area (Å²) in [7, 11) is 0. The van der Waals surface area contributed by atoms with E-state index in [9.17, 15) is 18.0 Å². The van der Waals surface area contributed by atoms with Crippen LogP contribution < -0.4 is 15.4 Å². The topological polar surface area (TPSA) is 63.2 Å². The molecule has 0 saturated carbocycles. The Morgan fingerprint density at radius 2 is 1.91 bits per heavy atom. The van der Waals surface area contributed by atoms with Gasteiger partial charge in [0.2, 0.25) is 0 Å². The number of rotatable bonds is 4. The molecule has 0 bridgehead atoms. The Morgan fingerprint density at radius 1 is 1.22 bits per heavy atom. The van der Waals surface area contributed by atoms with E-state index in [1.54, 1.807) is 31.5 Å². The van der Waals surface area contributed by atoms with Crippen molar-refractivity contribution >= 4 is 11.7 Å². The van der Waals surface area contributed by atoms with Gasteiger partial charge in [-0.25, -0.2) is 4.79 Å². The first-order chi connectivity index (χ1) is 10.8. The van der Waals surface area contributed by atoms with Gasteiger partial charge in [0, 0.05) is 24.1 Å². The number of benzene rings is 1. The normalized spacial score (nSPS) is 12.3. The van der Waals surface area contributed by atoms with Crippen LogP contribution in [0, 0.1) is 0 Å². The lowest BCUT2D eigenvalue weighted by molar-refractivity contribution is -0.274. The van der Waals surface area contributed by atoms with Gasteiger partial charge in [0.05, 0.1) is 6.04 Å². The van der Waals surface area contributed by atoms with E-state index in [1.807, 2.05) is 0 Å². The smallest absolute Gasteiger partial charge is 0.406 e. The third-order valence-electron chi connectivity index (χ3n) is 2.88. The van der Waals surface area contributed by atoms with Crippen molar-refractivity contribution in [1.82, 2.24) is 10.3 Å². The highest BCUT2D eigenvalue weighted by molar-refractivity contribution is 5.89. The Balaban J connectivity index is 1.96. The molecule has 2 N–H and O–H groups in total. The number of ether oxygens (including phenoxy) is 1. The van der Waals surface area contributed by atoms with Crippen molar-refractivity contribution in [1.29, 1.82) is 0 Å². The summed E-state index contributed by atoms with van der Waals surface area (Å²) in [5.74, 6) is -0.405. The van der Waals surface area contributed by atoms with E-state index in [2.05, 4.69) is 20.4 Å². The summed E-state index contributed by atoms with van der Waals surface area (Å²) in [5.41, 5.74) is 1.04. The van der Waals surface area contributed by atoms with Gasteiger partial charge in [-0.15, -0.1) is 13.2 Å². The zero-order valence-corrected chi connectivity index (χ0v) is 12.1. The van der Waals surface area contributed by atoms with E-state index in [0.29, 0.717) is 0 Å². The molecule has 2 aromatic rings. The Hall–Kier alpha value is -2.77. The minimum atomic E-state index is -4.78. The summed E-state index contributed by atoms with van der Waals surface area (Å²) in [6, 6.07) is 7.72. The quantitative estimate of drug-likeness (QED) is 0.897. The van der Waals surface area contributed by atoms with Crippen molar-refractivity contribution in [2.75, 3.05) is 5.32 Å². The highest BCUT2D eigenvalue weighted by Crippen LogP contribution is 2.25. The lowest BCUT2D eigenvalue weighted by Crippen LogP contribution is -2.31. The fourth-order valence-electron chi connectivity index (χ4n) is 1.87. The molecule has 0 aliphatic heterocycles. The van der Waals surface area contributed by atoms with Gasteiger partial charge in [0.1, 0.15) is 5.75 Å². The molecule has 0 aliphatic carbocycles. The molecule has 1 unspecified atom stereocenters. The number of urea groups is 1. The van der Waals surface area contributed by atoms with Gasteiger partial charge in [0.25, 0.3) is 0 Å². The molecular formula is C15H14F3N3O2. The van der Waals surface area contributed by atoms with Crippen LogP contribution in [0.15, 0.2) is 48.8 Å². The van der Waals surface area contributed by atoms with E-state index >= 15 is 0 Å². The molecular weight excluding hydrogens is 311 g/mol. The number of aromatic nitrogens is 1. The number of nitrogens with one attached hydrogen (secondary N) is 2. The lowest BCUT2D eigenvalue weighted by Gasteiger charge is -2.15. The summed E-state index contributed by atoms with van der Waals surface area (Å²) in [6.07, 6.45) is -1.58. The fourth-order valence-corrected chi connectivity index (χ4v) is 1.87. The van der Waals surface area contributed by atoms with Gasteiger partial charge in [-0.3, -0.25) is 4.98 Å². The average molecular weight is 325 g/mol. The number of anilines is 1. The molecule has 0 radical (unpaired) electrons. The van der Waals surface area contributed by atoms with Crippen molar-refractivity contribution < 1.29 is 22.7 Å². The number of carbonyl (C=O) groups excluding carboxylic acids is 1. The van der Waals surface area contributed by atoms with Gasteiger partial charge < -0.3 is 15.4 Å². The van der Waals surface area contributed by atoms with Crippen molar-refractivity contribution in [2.45, 2.75) is 19.3 Å². The minimum Gasteiger partial charge on any atom is -0.406 e. The highest BCUT2D eigenvalue weighted by Gasteiger charge is 2.31. The summed E-state index contributed by atoms with van der Waals surface area (Å²) in [6.45, 7) is 1.78. The van der Waals surface area contributed by atoms with Crippen LogP contribution >= 0.6 is 0 Å². The maximum Gasteiger partial charge on any atom is 0.573 e. The first-order valence-corrected chi connectivity index (χ1v) is 6.67. The Kier molecular flexibility index (Phi) is 5.05. The van der Waals surface area contributed by atoms with E-state index in [4.69, 9.17) is 0 Å². The molecule has 0 spiro atoms. The first kappa shape index (κ1) is 16.6. The second kappa shape index (κ2) is 6.99. The second-order valence-corrected chi connectivity index (χ2v) is 4.68. The van der Waals surface area contributed by atoms with Crippen LogP contribution in [0.3, 0.4) is 0 Å². The molecule has 122 valence electrons. The van der Waals surface area contributed by atoms with Crippen LogP contribution in [0.5, 0.6) is 5.75 Å². The van der Waals surface area contributed by atoms with Crippen LogP contribution in [0.2, 0.25) is 0 Å². The summed E-state index contributed by atoms with van der Waals surface area (Å²) >= 11 is 0. The number of alkyl halides is 3. The third kappa shape index (κ3) is 5.50. The van der Waals surface area contributed by atoms with Crippen molar-refractivity contribution in [3.05, 3.63) is 54.4 Å². The molecule has 0 aliphatic rings. The van der Waals surface area contributed by atoms with Crippen LogP contribution in [0.25, 0.3) is 0 Å². The predicted molar refractivity (Wildman–Crippen MR) is 77.9 cm³/mol. The van der Waals surface area contributed by atoms with Crippen molar-refractivity contribution in [2.24, 2.45) is 0 Å². The zero-order valence-electron chi connectivity index (χ0n) is 12.1. The molecule has 5 nitrogen and oxygen atoms in total. The van der Waals surface area contributed by atoms with E-state index < -0.39 is 18.1 Å². The maximum absolute atomic E-state index is 12.2. The van der Waals surface area contributed by atoms with Gasteiger partial charge in [-0.05, 0) is 36.8 Å². The Morgan fingerprint density at radius 3 is 2.57 bits per heavy atom. The Labute approximate surface area is 130 Å². The van der Waals surface area contributed by atoms with Gasteiger partial charge in [0.15, 0.2) is 0 Å². The average Bonchev–Trinajstić information content (AvgIpc) is 2.46. The second-order valence-electron chi connectivity index (χ2n) is 4.68. The number of halogens is 3. The molecule has 1 atom stereocenters. The number of nitrogens with zero attached hydrogens (tertiary/aromatic N) is 1. The summed E-state index contributed by atoms with van der Waals surface area (Å²) in [4.78, 5) is 15.8. The number of amides is 2. The maximum atomic E-state index is 12.2. The summed E-state index contributed by atoms with van der Waals surface area (Å²) in [5, 5.41) is 5.13. The lowest BCUT2D eigenvalue weighted by atomic mass is 10.1. The number of carbonyl (C=O) groups is 1. The van der Waals surface area contributed by atoms with Gasteiger partial charge in [-0.1, -0.05) is 6.07 Å². The molecule has 1 aromatic carbocycles. The highest BCUT2D eigenvalue weighted by atomic mass is 19.4. The Bertz CT molecular complexity index is 663. The zero-order chi connectivity index (χ0) is 16.9. The molecule has 0 fully saturated rings. The van der Waals surface area contributed by atoms with Crippen LogP contribution in [0.1, 0.15) is 18.5 Å². The third-order valence-corrected chi connectivity index (χ3v) is 2.88. The van der Waals surface area contributed by atoms with E-state index in [1.165, 1.54) is 12.1 Å². The molecule has 2 amide bonds. The van der Waals surface area contributed by atoms with Crippen LogP contribution in [-0.4, -0.2) is 17.4 Å². The van der Waals surface area contributed by atoms with Gasteiger partial charge in [-0.2, -0.15) is 0 Å². The SMILES string of the molecule is CC(NC(=O)Nc1cccc(OC(F)(F)F)c1)c1ccncc1. The molecule has 1 heterocycles. The van der Waals surface area contributed by atoms with Crippen molar-refractivity contribution in [3.63, 3.8) is 0 Å². The predicted octanol–water partition coefficient (Wildman–Crippen LogP) is 3.86. The molecule has 1 aromatic heterocycles. The van der Waals surface area contributed by atoms with Crippen molar-refractivity contribution in [3.8, 4) is 5.75 Å². The minimum absolute atomic E-state index is 0.186. The molecule has 8 heteroatoms. The number of pyridine rings is 1. The first-order valence-electron chi connectivity index (χ1n) is 6.67. The van der Waals surface area contributed by atoms with E-state index in [-0.39, 0.29) is 11.7 Å². The number of hydrogen-bond donors (Lipinski definition) is 2. The van der Waals surface area contributed by atoms with Crippen LogP contribution in [-0.2, 0) is 0 Å². The van der Waals surface area contributed by atoms with E-state index in [0.717, 1.165) is 17.7 Å². The molecule has 2 rings (SSSR count). The fraction of sp³-hybridized carbons (Fsp3) is 0.200. The summed E-state index contributed by atoms with van der Waals surface area (Å²) < 4.78 is 40.3. The molecule has 23 heavy (non-hydrogen) atoms. The standard InChI is InChI=1S/C15H14F3N3O2/c1-10(11-5-7-19-8-6-11)20-14(22)21-12-3-2-4-13(9-12)23-15(16,17)18/h2-10H,1H3,(H2,20,21,22). The number of hydrogen-bond acceptors (Lipinski definition) is 3. The van der Waals surface area contributed by atoms with Crippen LogP contribution in [0.4, 0.5) is 23.7 Å². The largest absolute Gasteiger partial charge is 0.573 e. The monoisotopic (exact) mass is 325 g/mol. The van der Waals surface area contributed by atoms with Gasteiger partial charge >= 0.3 is 12.4 Å². The molecule has 0 saturated heterocycles.